The van der Waals surface area contributed by atoms with E-state index in [0.717, 1.165) is 22.3 Å². The van der Waals surface area contributed by atoms with Gasteiger partial charge in [-0.3, -0.25) is 19.2 Å². The molecule has 1 aliphatic rings. The zero-order chi connectivity index (χ0) is 38.5. The van der Waals surface area contributed by atoms with Crippen molar-refractivity contribution in [3.05, 3.63) is 130 Å². The van der Waals surface area contributed by atoms with Crippen molar-refractivity contribution in [3.63, 3.8) is 0 Å². The first-order chi connectivity index (χ1) is 26.0. The van der Waals surface area contributed by atoms with Crippen LogP contribution in [-0.2, 0) is 32.1 Å². The smallest absolute Gasteiger partial charge is 0.408 e. The molecule has 54 heavy (non-hydrogen) atoms. The number of unbranched alkanes of at least 4 members (excludes halogenated alkanes) is 1. The summed E-state index contributed by atoms with van der Waals surface area (Å²) in [6.07, 6.45) is 1.18. The van der Waals surface area contributed by atoms with Crippen LogP contribution in [0, 0.1) is 0 Å². The van der Waals surface area contributed by atoms with Crippen molar-refractivity contribution in [1.29, 1.82) is 0 Å². The van der Waals surface area contributed by atoms with Crippen LogP contribution in [-0.4, -0.2) is 65.3 Å². The van der Waals surface area contributed by atoms with Gasteiger partial charge in [-0.25, -0.2) is 4.79 Å². The van der Waals surface area contributed by atoms with Gasteiger partial charge in [-0.1, -0.05) is 91.0 Å². The Morgan fingerprint density at radius 2 is 1.44 bits per heavy atom. The molecule has 0 bridgehead atoms. The maximum absolute atomic E-state index is 13.6. The van der Waals surface area contributed by atoms with Crippen LogP contribution in [0.5, 0.6) is 0 Å². The minimum absolute atomic E-state index is 0.0220. The van der Waals surface area contributed by atoms with Gasteiger partial charge in [0.15, 0.2) is 5.78 Å². The third kappa shape index (κ3) is 11.6. The van der Waals surface area contributed by atoms with Crippen LogP contribution in [0.1, 0.15) is 90.7 Å². The molecule has 284 valence electrons. The summed E-state index contributed by atoms with van der Waals surface area (Å²) in [5.74, 6) is -1.00. The highest BCUT2D eigenvalue weighted by Crippen LogP contribution is 2.26. The molecule has 3 aromatic carbocycles. The molecule has 0 radical (unpaired) electrons. The minimum Gasteiger partial charge on any atom is -0.444 e. The van der Waals surface area contributed by atoms with E-state index in [0.29, 0.717) is 50.2 Å². The molecule has 3 N–H and O–H groups in total. The van der Waals surface area contributed by atoms with Crippen molar-refractivity contribution < 1.29 is 28.7 Å². The van der Waals surface area contributed by atoms with Crippen molar-refractivity contribution in [3.8, 4) is 0 Å². The SMILES string of the molecule is CC(C)(C)OC(=O)N[C@@H](CCCCNC(=O)[C@@H]1Cc2ccccc2CN1C(=O)CCC(=O)c1cccs1)C(=O)NCC(c1ccccc1)c1ccccc1. The average Bonchev–Trinajstić information content (AvgIpc) is 3.71. The molecule has 11 heteroatoms. The van der Waals surface area contributed by atoms with Gasteiger partial charge in [-0.15, -0.1) is 11.3 Å². The number of ether oxygens (including phenoxy) is 1. The van der Waals surface area contributed by atoms with Gasteiger partial charge in [0.05, 0.1) is 4.88 Å². The number of benzene rings is 3. The molecule has 0 saturated carbocycles. The van der Waals surface area contributed by atoms with Gasteiger partial charge in [-0.2, -0.15) is 0 Å². The number of nitrogens with one attached hydrogen (secondary N) is 3. The summed E-state index contributed by atoms with van der Waals surface area (Å²) >= 11 is 1.35. The van der Waals surface area contributed by atoms with E-state index in [-0.39, 0.29) is 42.3 Å². The number of amides is 4. The summed E-state index contributed by atoms with van der Waals surface area (Å²) in [6, 6.07) is 29.7. The maximum atomic E-state index is 13.6. The summed E-state index contributed by atoms with van der Waals surface area (Å²) in [7, 11) is 0. The lowest BCUT2D eigenvalue weighted by atomic mass is 9.91. The van der Waals surface area contributed by atoms with Crippen molar-refractivity contribution in [1.82, 2.24) is 20.9 Å². The summed E-state index contributed by atoms with van der Waals surface area (Å²) in [5.41, 5.74) is 3.38. The molecule has 1 aliphatic heterocycles. The first-order valence-electron chi connectivity index (χ1n) is 18.6. The number of fused-ring (bicyclic) bond motifs is 1. The van der Waals surface area contributed by atoms with Crippen LogP contribution in [0.25, 0.3) is 0 Å². The first-order valence-corrected chi connectivity index (χ1v) is 19.4. The second kappa shape index (κ2) is 19.2. The Kier molecular flexibility index (Phi) is 14.2. The standard InChI is InChI=1S/C43H50N4O6S/c1-43(2,3)53-42(52)46-35(40(50)45-28-34(30-15-6-4-7-16-30)31-17-8-5-9-18-31)21-12-13-25-44-41(51)36-27-32-19-10-11-20-33(32)29-47(36)39(49)24-23-37(48)38-22-14-26-54-38/h4-11,14-20,22,26,34-36H,12-13,21,23-25,27-29H2,1-3H3,(H,44,51)(H,45,50)(H,46,52)/t35-,36-/m0/s1. The number of nitrogens with zero attached hydrogens (tertiary/aromatic N) is 1. The molecule has 4 amide bonds. The molecular weight excluding hydrogens is 701 g/mol. The molecular formula is C43H50N4O6S. The molecule has 2 heterocycles. The summed E-state index contributed by atoms with van der Waals surface area (Å²) < 4.78 is 5.47. The first kappa shape index (κ1) is 39.9. The van der Waals surface area contributed by atoms with Crippen LogP contribution in [0.4, 0.5) is 4.79 Å². The van der Waals surface area contributed by atoms with Crippen LogP contribution < -0.4 is 16.0 Å². The van der Waals surface area contributed by atoms with E-state index in [1.165, 1.54) is 11.3 Å². The van der Waals surface area contributed by atoms with Crippen molar-refractivity contribution in [2.24, 2.45) is 0 Å². The Hall–Kier alpha value is -5.29. The lowest BCUT2D eigenvalue weighted by molar-refractivity contribution is -0.141. The highest BCUT2D eigenvalue weighted by atomic mass is 32.1. The number of ketones is 1. The number of alkyl carbamates (subject to hydrolysis) is 1. The molecule has 2 atom stereocenters. The number of Topliss-reactive ketones (excluding diaryl/α,β-unsaturated/α-hetero) is 1. The van der Waals surface area contributed by atoms with Crippen LogP contribution in [0.3, 0.4) is 0 Å². The van der Waals surface area contributed by atoms with Crippen LogP contribution in [0.2, 0.25) is 0 Å². The summed E-state index contributed by atoms with van der Waals surface area (Å²) in [5, 5.41) is 10.6. The van der Waals surface area contributed by atoms with Gasteiger partial charge in [0.25, 0.3) is 0 Å². The fourth-order valence-electron chi connectivity index (χ4n) is 6.59. The van der Waals surface area contributed by atoms with Gasteiger partial charge in [0.1, 0.15) is 17.7 Å². The lowest BCUT2D eigenvalue weighted by Gasteiger charge is -2.36. The normalized spacial score (nSPS) is 14.4. The molecule has 0 unspecified atom stereocenters. The number of hydrogen-bond acceptors (Lipinski definition) is 7. The minimum atomic E-state index is -0.859. The van der Waals surface area contributed by atoms with Crippen LogP contribution >= 0.6 is 11.3 Å². The third-order valence-electron chi connectivity index (χ3n) is 9.34. The van der Waals surface area contributed by atoms with E-state index in [1.54, 1.807) is 31.7 Å². The van der Waals surface area contributed by atoms with Gasteiger partial charge >= 0.3 is 6.09 Å². The second-order valence-corrected chi connectivity index (χ2v) is 15.5. The molecule has 10 nitrogen and oxygen atoms in total. The van der Waals surface area contributed by atoms with Crippen molar-refractivity contribution in [2.75, 3.05) is 13.1 Å². The monoisotopic (exact) mass is 750 g/mol. The molecule has 0 spiro atoms. The van der Waals surface area contributed by atoms with E-state index in [2.05, 4.69) is 16.0 Å². The predicted octanol–water partition coefficient (Wildman–Crippen LogP) is 6.79. The van der Waals surface area contributed by atoms with Crippen LogP contribution in [0.15, 0.2) is 102 Å². The molecule has 0 saturated heterocycles. The van der Waals surface area contributed by atoms with Crippen molar-refractivity contribution >= 4 is 40.9 Å². The second-order valence-electron chi connectivity index (χ2n) is 14.5. The number of carbonyl (C=O) groups excluding carboxylic acids is 5. The average molecular weight is 751 g/mol. The fraction of sp³-hybridized carbons (Fsp3) is 0.372. The zero-order valence-electron chi connectivity index (χ0n) is 31.2. The number of hydrogen-bond donors (Lipinski definition) is 3. The predicted molar refractivity (Wildman–Crippen MR) is 210 cm³/mol. The Bertz CT molecular complexity index is 1820. The van der Waals surface area contributed by atoms with Gasteiger partial charge < -0.3 is 25.6 Å². The Morgan fingerprint density at radius 3 is 2.07 bits per heavy atom. The third-order valence-corrected chi connectivity index (χ3v) is 10.3. The topological polar surface area (TPSA) is 134 Å². The Morgan fingerprint density at radius 1 is 0.796 bits per heavy atom. The largest absolute Gasteiger partial charge is 0.444 e. The zero-order valence-corrected chi connectivity index (χ0v) is 32.0. The lowest BCUT2D eigenvalue weighted by Crippen LogP contribution is -2.52. The van der Waals surface area contributed by atoms with E-state index >= 15 is 0 Å². The molecule has 0 fully saturated rings. The van der Waals surface area contributed by atoms with E-state index in [9.17, 15) is 24.0 Å². The highest BCUT2D eigenvalue weighted by Gasteiger charge is 2.34. The highest BCUT2D eigenvalue weighted by molar-refractivity contribution is 7.12. The maximum Gasteiger partial charge on any atom is 0.408 e. The van der Waals surface area contributed by atoms with E-state index < -0.39 is 23.8 Å². The van der Waals surface area contributed by atoms with Gasteiger partial charge in [-0.05, 0) is 73.7 Å². The Balaban J connectivity index is 1.18. The fourth-order valence-corrected chi connectivity index (χ4v) is 7.28. The van der Waals surface area contributed by atoms with E-state index in [4.69, 9.17) is 4.74 Å². The summed E-state index contributed by atoms with van der Waals surface area (Å²) in [6.45, 7) is 6.23. The van der Waals surface area contributed by atoms with Gasteiger partial charge in [0.2, 0.25) is 17.7 Å². The molecule has 1 aromatic heterocycles. The number of rotatable bonds is 16. The quantitative estimate of drug-likeness (QED) is 0.0853. The van der Waals surface area contributed by atoms with Crippen molar-refractivity contribution in [2.45, 2.75) is 89.4 Å². The van der Waals surface area contributed by atoms with Gasteiger partial charge in [0, 0.05) is 44.8 Å². The molecule has 4 aromatic rings. The number of thiophene rings is 1. The molecule has 5 rings (SSSR count). The van der Waals surface area contributed by atoms with E-state index in [1.807, 2.05) is 96.4 Å². The Labute approximate surface area is 321 Å². The number of carbonyl (C=O) groups is 5. The summed E-state index contributed by atoms with van der Waals surface area (Å²) in [4.78, 5) is 68.3. The molecule has 0 aliphatic carbocycles.